The molecule has 0 unspecified atom stereocenters. The van der Waals surface area contributed by atoms with E-state index in [9.17, 15) is 4.79 Å². The van der Waals surface area contributed by atoms with Crippen molar-refractivity contribution in [3.05, 3.63) is 59.2 Å². The Bertz CT molecular complexity index is 797. The lowest BCUT2D eigenvalue weighted by atomic mass is 10.1. The predicted octanol–water partition coefficient (Wildman–Crippen LogP) is 4.03. The van der Waals surface area contributed by atoms with Crippen molar-refractivity contribution in [3.63, 3.8) is 0 Å². The van der Waals surface area contributed by atoms with Crippen LogP contribution in [0.4, 0.5) is 11.4 Å². The summed E-state index contributed by atoms with van der Waals surface area (Å²) in [5, 5.41) is 6.26. The van der Waals surface area contributed by atoms with Crippen LogP contribution in [0, 0.1) is 13.8 Å². The van der Waals surface area contributed by atoms with Crippen LogP contribution in [0.5, 0.6) is 0 Å². The summed E-state index contributed by atoms with van der Waals surface area (Å²) in [6, 6.07) is 13.7. The predicted molar refractivity (Wildman–Crippen MR) is 107 cm³/mol. The van der Waals surface area contributed by atoms with Crippen LogP contribution in [-0.4, -0.2) is 24.1 Å². The normalized spacial score (nSPS) is 13.6. The van der Waals surface area contributed by atoms with Crippen LogP contribution in [0.15, 0.2) is 42.5 Å². The SMILES string of the molecule is Cc1ccc(C(=O)NC(=S)Nc2ccccc2N2CCCC2)cc1C. The fraction of sp³-hybridized carbons (Fsp3) is 0.300. The van der Waals surface area contributed by atoms with Crippen molar-refractivity contribution in [1.82, 2.24) is 5.32 Å². The van der Waals surface area contributed by atoms with Crippen LogP contribution in [0.1, 0.15) is 34.3 Å². The molecule has 2 aromatic carbocycles. The van der Waals surface area contributed by atoms with Gasteiger partial charge in [0.15, 0.2) is 5.11 Å². The molecule has 5 heteroatoms. The van der Waals surface area contributed by atoms with E-state index in [1.54, 1.807) is 0 Å². The Morgan fingerprint density at radius 2 is 1.76 bits per heavy atom. The maximum atomic E-state index is 12.4. The highest BCUT2D eigenvalue weighted by Gasteiger charge is 2.16. The van der Waals surface area contributed by atoms with Crippen LogP contribution in [0.25, 0.3) is 0 Å². The maximum absolute atomic E-state index is 12.4. The van der Waals surface area contributed by atoms with Crippen LogP contribution in [0.3, 0.4) is 0 Å². The van der Waals surface area contributed by atoms with Gasteiger partial charge in [-0.1, -0.05) is 18.2 Å². The Balaban J connectivity index is 1.68. The second-order valence-electron chi connectivity index (χ2n) is 6.42. The summed E-state index contributed by atoms with van der Waals surface area (Å²) in [5.74, 6) is -0.195. The number of nitrogens with zero attached hydrogens (tertiary/aromatic N) is 1. The first kappa shape index (κ1) is 17.4. The fourth-order valence-electron chi connectivity index (χ4n) is 3.02. The highest BCUT2D eigenvalue weighted by Crippen LogP contribution is 2.28. The minimum Gasteiger partial charge on any atom is -0.370 e. The van der Waals surface area contributed by atoms with Crippen molar-refractivity contribution in [1.29, 1.82) is 0 Å². The lowest BCUT2D eigenvalue weighted by Crippen LogP contribution is -2.34. The third-order valence-electron chi connectivity index (χ3n) is 4.60. The summed E-state index contributed by atoms with van der Waals surface area (Å²) in [7, 11) is 0. The van der Waals surface area contributed by atoms with Crippen molar-refractivity contribution in [3.8, 4) is 0 Å². The molecule has 1 aliphatic rings. The average molecular weight is 353 g/mol. The number of aryl methyl sites for hydroxylation is 2. The van der Waals surface area contributed by atoms with E-state index in [2.05, 4.69) is 21.6 Å². The summed E-state index contributed by atoms with van der Waals surface area (Å²) < 4.78 is 0. The summed E-state index contributed by atoms with van der Waals surface area (Å²) in [6.45, 7) is 6.13. The number of benzene rings is 2. The van der Waals surface area contributed by atoms with E-state index >= 15 is 0 Å². The van der Waals surface area contributed by atoms with Crippen LogP contribution < -0.4 is 15.5 Å². The van der Waals surface area contributed by atoms with Crippen LogP contribution in [0.2, 0.25) is 0 Å². The van der Waals surface area contributed by atoms with E-state index in [0.717, 1.165) is 35.6 Å². The van der Waals surface area contributed by atoms with Gasteiger partial charge in [0.2, 0.25) is 0 Å². The first-order valence-electron chi connectivity index (χ1n) is 8.58. The zero-order valence-electron chi connectivity index (χ0n) is 14.6. The molecule has 2 N–H and O–H groups in total. The maximum Gasteiger partial charge on any atom is 0.257 e. The molecule has 0 bridgehead atoms. The number of hydrogen-bond donors (Lipinski definition) is 2. The van der Waals surface area contributed by atoms with E-state index in [1.807, 2.05) is 50.2 Å². The van der Waals surface area contributed by atoms with Gasteiger partial charge in [-0.2, -0.15) is 0 Å². The smallest absolute Gasteiger partial charge is 0.257 e. The molecule has 0 aromatic heterocycles. The second-order valence-corrected chi connectivity index (χ2v) is 6.83. The largest absolute Gasteiger partial charge is 0.370 e. The summed E-state index contributed by atoms with van der Waals surface area (Å²) >= 11 is 5.34. The van der Waals surface area contributed by atoms with E-state index in [1.165, 1.54) is 12.8 Å². The molecule has 130 valence electrons. The molecule has 0 spiro atoms. The van der Waals surface area contributed by atoms with E-state index in [4.69, 9.17) is 12.2 Å². The standard InChI is InChI=1S/C20H23N3OS/c1-14-9-10-16(13-15(14)2)19(24)22-20(25)21-17-7-3-4-8-18(17)23-11-5-6-12-23/h3-4,7-10,13H,5-6,11-12H2,1-2H3,(H2,21,22,24,25). The molecule has 3 rings (SSSR count). The molecule has 0 saturated carbocycles. The second kappa shape index (κ2) is 7.66. The molecule has 2 aromatic rings. The number of amides is 1. The molecular formula is C20H23N3OS. The number of carbonyl (C=O) groups excluding carboxylic acids is 1. The molecule has 4 nitrogen and oxygen atoms in total. The molecular weight excluding hydrogens is 330 g/mol. The number of hydrogen-bond acceptors (Lipinski definition) is 3. The molecule has 1 heterocycles. The number of nitrogens with one attached hydrogen (secondary N) is 2. The van der Waals surface area contributed by atoms with Gasteiger partial charge in [0.05, 0.1) is 11.4 Å². The zero-order valence-corrected chi connectivity index (χ0v) is 15.5. The molecule has 1 saturated heterocycles. The van der Waals surface area contributed by atoms with Gasteiger partial charge in [0.25, 0.3) is 5.91 Å². The minimum atomic E-state index is -0.195. The number of anilines is 2. The van der Waals surface area contributed by atoms with Gasteiger partial charge in [-0.15, -0.1) is 0 Å². The fourth-order valence-corrected chi connectivity index (χ4v) is 3.23. The molecule has 25 heavy (non-hydrogen) atoms. The van der Waals surface area contributed by atoms with Crippen molar-refractivity contribution in [2.75, 3.05) is 23.3 Å². The van der Waals surface area contributed by atoms with Gasteiger partial charge in [0.1, 0.15) is 0 Å². The van der Waals surface area contributed by atoms with Gasteiger partial charge >= 0.3 is 0 Å². The number of para-hydroxylation sites is 2. The number of rotatable bonds is 3. The third kappa shape index (κ3) is 4.17. The summed E-state index contributed by atoms with van der Waals surface area (Å²) in [4.78, 5) is 14.7. The Morgan fingerprint density at radius 3 is 2.48 bits per heavy atom. The Morgan fingerprint density at radius 1 is 1.04 bits per heavy atom. The summed E-state index contributed by atoms with van der Waals surface area (Å²) in [5.41, 5.74) is 4.92. The highest BCUT2D eigenvalue weighted by atomic mass is 32.1. The first-order chi connectivity index (χ1) is 12.0. The highest BCUT2D eigenvalue weighted by molar-refractivity contribution is 7.80. The van der Waals surface area contributed by atoms with Crippen LogP contribution >= 0.6 is 12.2 Å². The molecule has 1 amide bonds. The Kier molecular flexibility index (Phi) is 5.34. The van der Waals surface area contributed by atoms with Crippen molar-refractivity contribution >= 4 is 34.6 Å². The molecule has 0 aliphatic carbocycles. The lowest BCUT2D eigenvalue weighted by Gasteiger charge is -2.22. The van der Waals surface area contributed by atoms with Gasteiger partial charge in [0, 0.05) is 18.7 Å². The Hall–Kier alpha value is -2.40. The first-order valence-corrected chi connectivity index (χ1v) is 8.99. The monoisotopic (exact) mass is 353 g/mol. The van der Waals surface area contributed by atoms with E-state index < -0.39 is 0 Å². The van der Waals surface area contributed by atoms with Gasteiger partial charge in [-0.3, -0.25) is 10.1 Å². The third-order valence-corrected chi connectivity index (χ3v) is 4.80. The quantitative estimate of drug-likeness (QED) is 0.818. The van der Waals surface area contributed by atoms with E-state index in [0.29, 0.717) is 10.7 Å². The average Bonchev–Trinajstić information content (AvgIpc) is 3.12. The van der Waals surface area contributed by atoms with E-state index in [-0.39, 0.29) is 5.91 Å². The molecule has 1 fully saturated rings. The Labute approximate surface area is 154 Å². The molecule has 1 aliphatic heterocycles. The van der Waals surface area contributed by atoms with Crippen molar-refractivity contribution in [2.45, 2.75) is 26.7 Å². The number of thiocarbonyl (C=S) groups is 1. The van der Waals surface area contributed by atoms with Crippen LogP contribution in [-0.2, 0) is 0 Å². The van der Waals surface area contributed by atoms with Gasteiger partial charge in [-0.05, 0) is 74.3 Å². The number of carbonyl (C=O) groups is 1. The molecule has 0 radical (unpaired) electrons. The lowest BCUT2D eigenvalue weighted by molar-refractivity contribution is 0.0977. The van der Waals surface area contributed by atoms with Crippen molar-refractivity contribution < 1.29 is 4.79 Å². The topological polar surface area (TPSA) is 44.4 Å². The van der Waals surface area contributed by atoms with Gasteiger partial charge in [-0.25, -0.2) is 0 Å². The van der Waals surface area contributed by atoms with Crippen molar-refractivity contribution in [2.24, 2.45) is 0 Å². The minimum absolute atomic E-state index is 0.195. The molecule has 0 atom stereocenters. The van der Waals surface area contributed by atoms with Gasteiger partial charge < -0.3 is 10.2 Å². The zero-order chi connectivity index (χ0) is 17.8. The summed E-state index contributed by atoms with van der Waals surface area (Å²) in [6.07, 6.45) is 2.42.